The number of esters is 1. The Morgan fingerprint density at radius 2 is 1.74 bits per heavy atom. The fourth-order valence-electron chi connectivity index (χ4n) is 4.19. The molecule has 0 aromatic heterocycles. The minimum Gasteiger partial charge on any atom is -0.480 e. The topological polar surface area (TPSA) is 127 Å². The molecule has 8 nitrogen and oxygen atoms in total. The van der Waals surface area contributed by atoms with Gasteiger partial charge in [0.25, 0.3) is 0 Å². The number of rotatable bonds is 9. The van der Waals surface area contributed by atoms with Gasteiger partial charge in [-0.25, -0.2) is 13.2 Å². The number of carboxylic acid groups (broad SMARTS) is 1. The first kappa shape index (κ1) is 29.0. The third-order valence-corrected chi connectivity index (χ3v) is 9.35. The number of carbonyl (C=O) groups excluding carboxylic acids is 1. The summed E-state index contributed by atoms with van der Waals surface area (Å²) in [5.74, 6) is -2.21. The molecule has 3 aromatic rings. The van der Waals surface area contributed by atoms with Crippen LogP contribution >= 0.6 is 23.2 Å². The molecule has 0 aliphatic carbocycles. The van der Waals surface area contributed by atoms with Crippen LogP contribution in [0.4, 0.5) is 0 Å². The Kier molecular flexibility index (Phi) is 8.93. The molecule has 1 aliphatic rings. The fraction of sp³-hybridized carbons (Fsp3) is 0.185. The number of nitrogens with one attached hydrogen (secondary N) is 1. The molecule has 2 unspecified atom stereocenters. The lowest BCUT2D eigenvalue weighted by Gasteiger charge is -2.27. The van der Waals surface area contributed by atoms with Crippen molar-refractivity contribution >= 4 is 55.8 Å². The van der Waals surface area contributed by atoms with Crippen LogP contribution in [-0.4, -0.2) is 54.6 Å². The molecule has 12 heteroatoms. The molecule has 4 rings (SSSR count). The predicted octanol–water partition coefficient (Wildman–Crippen LogP) is 4.27. The van der Waals surface area contributed by atoms with Crippen molar-refractivity contribution in [3.05, 3.63) is 93.3 Å². The van der Waals surface area contributed by atoms with Gasteiger partial charge < -0.3 is 9.84 Å². The third kappa shape index (κ3) is 6.59. The quantitative estimate of drug-likeness (QED) is 0.345. The summed E-state index contributed by atoms with van der Waals surface area (Å²) in [5, 5.41) is 12.7. The highest BCUT2D eigenvalue weighted by molar-refractivity contribution is 7.95. The second-order valence-corrected chi connectivity index (χ2v) is 12.9. The van der Waals surface area contributed by atoms with E-state index in [-0.39, 0.29) is 32.9 Å². The van der Waals surface area contributed by atoms with Gasteiger partial charge in [-0.3, -0.25) is 14.3 Å². The van der Waals surface area contributed by atoms with Crippen molar-refractivity contribution < 1.29 is 32.1 Å². The van der Waals surface area contributed by atoms with Gasteiger partial charge in [-0.2, -0.15) is 0 Å². The summed E-state index contributed by atoms with van der Waals surface area (Å²) in [6.07, 6.45) is 2.75. The standard InChI is InChI=1S/C27H23Cl2NO7S2/c1-38(34)23-5-3-2-4-21(23)17-8-6-16(7-9-17)12-22(26(31)32)30-25-24(10-11-37-27(25)33)39(35,36)20-14-18(28)13-19(29)15-20/h2-10,13-15,22,25,30H,11-12H2,1H3,(H,31,32)/t22-,25?,38?/m0/s1. The van der Waals surface area contributed by atoms with Gasteiger partial charge in [0.2, 0.25) is 9.84 Å². The van der Waals surface area contributed by atoms with Crippen molar-refractivity contribution in [2.45, 2.75) is 28.3 Å². The normalized spacial score (nSPS) is 17.2. The number of ether oxygens (including phenoxy) is 1. The van der Waals surface area contributed by atoms with Gasteiger partial charge in [0, 0.05) is 21.2 Å². The molecule has 0 saturated carbocycles. The van der Waals surface area contributed by atoms with Crippen molar-refractivity contribution in [1.29, 1.82) is 0 Å². The summed E-state index contributed by atoms with van der Waals surface area (Å²) in [4.78, 5) is 24.9. The van der Waals surface area contributed by atoms with Crippen LogP contribution in [0.25, 0.3) is 11.1 Å². The molecule has 39 heavy (non-hydrogen) atoms. The minimum atomic E-state index is -4.27. The summed E-state index contributed by atoms with van der Waals surface area (Å²) < 4.78 is 43.9. The van der Waals surface area contributed by atoms with E-state index >= 15 is 0 Å². The van der Waals surface area contributed by atoms with Crippen LogP contribution in [0.15, 0.2) is 87.5 Å². The molecule has 0 saturated heterocycles. The monoisotopic (exact) mass is 607 g/mol. The Morgan fingerprint density at radius 1 is 1.10 bits per heavy atom. The lowest BCUT2D eigenvalue weighted by Crippen LogP contribution is -2.52. The van der Waals surface area contributed by atoms with E-state index in [2.05, 4.69) is 5.32 Å². The Labute approximate surface area is 238 Å². The number of benzene rings is 3. The number of halogens is 2. The predicted molar refractivity (Wildman–Crippen MR) is 149 cm³/mol. The average molecular weight is 609 g/mol. The maximum atomic E-state index is 13.4. The zero-order valence-corrected chi connectivity index (χ0v) is 23.6. The summed E-state index contributed by atoms with van der Waals surface area (Å²) in [6.45, 7) is -0.289. The largest absolute Gasteiger partial charge is 0.480 e. The van der Waals surface area contributed by atoms with E-state index in [4.69, 9.17) is 27.9 Å². The number of sulfone groups is 1. The maximum Gasteiger partial charge on any atom is 0.328 e. The first-order valence-corrected chi connectivity index (χ1v) is 15.4. The molecule has 0 spiro atoms. The molecule has 3 atom stereocenters. The van der Waals surface area contributed by atoms with Crippen LogP contribution in [0.1, 0.15) is 5.56 Å². The number of carboxylic acids is 1. The molecule has 1 aliphatic heterocycles. The van der Waals surface area contributed by atoms with E-state index in [1.165, 1.54) is 24.3 Å². The highest BCUT2D eigenvalue weighted by Crippen LogP contribution is 2.30. The van der Waals surface area contributed by atoms with Gasteiger partial charge in [-0.05, 0) is 53.5 Å². The second-order valence-electron chi connectivity index (χ2n) is 8.69. The van der Waals surface area contributed by atoms with Crippen molar-refractivity contribution in [3.63, 3.8) is 0 Å². The van der Waals surface area contributed by atoms with Crippen LogP contribution in [0.2, 0.25) is 10.0 Å². The highest BCUT2D eigenvalue weighted by Gasteiger charge is 2.39. The zero-order valence-electron chi connectivity index (χ0n) is 20.5. The summed E-state index contributed by atoms with van der Waals surface area (Å²) in [7, 11) is -5.47. The van der Waals surface area contributed by atoms with Gasteiger partial charge in [0.05, 0.1) is 20.6 Å². The molecule has 1 heterocycles. The SMILES string of the molecule is CS(=O)c1ccccc1-c1ccc(C[C@H](NC2C(=O)OCC=C2S(=O)(=O)c2cc(Cl)cc(Cl)c2)C(=O)O)cc1. The van der Waals surface area contributed by atoms with E-state index in [0.717, 1.165) is 11.1 Å². The first-order chi connectivity index (χ1) is 18.5. The highest BCUT2D eigenvalue weighted by atomic mass is 35.5. The third-order valence-electron chi connectivity index (χ3n) is 6.05. The van der Waals surface area contributed by atoms with E-state index in [0.29, 0.717) is 10.5 Å². The van der Waals surface area contributed by atoms with Crippen molar-refractivity contribution in [2.75, 3.05) is 12.9 Å². The van der Waals surface area contributed by atoms with E-state index in [1.54, 1.807) is 42.7 Å². The first-order valence-electron chi connectivity index (χ1n) is 11.6. The molecule has 0 radical (unpaired) electrons. The number of hydrogen-bond donors (Lipinski definition) is 2. The number of aliphatic carboxylic acids is 1. The maximum absolute atomic E-state index is 13.4. The van der Waals surface area contributed by atoms with Gasteiger partial charge in [-0.15, -0.1) is 0 Å². The summed E-state index contributed by atoms with van der Waals surface area (Å²) in [5.41, 5.74) is 2.22. The van der Waals surface area contributed by atoms with E-state index < -0.39 is 44.7 Å². The van der Waals surface area contributed by atoms with Gasteiger partial charge in [-0.1, -0.05) is 65.7 Å². The van der Waals surface area contributed by atoms with E-state index in [9.17, 15) is 27.3 Å². The number of hydrogen-bond acceptors (Lipinski definition) is 7. The van der Waals surface area contributed by atoms with Crippen LogP contribution in [0.5, 0.6) is 0 Å². The van der Waals surface area contributed by atoms with Gasteiger partial charge in [0.1, 0.15) is 18.7 Å². The Balaban J connectivity index is 1.59. The van der Waals surface area contributed by atoms with Crippen molar-refractivity contribution in [3.8, 4) is 11.1 Å². The Bertz CT molecular complexity index is 1570. The molecule has 0 fully saturated rings. The summed E-state index contributed by atoms with van der Waals surface area (Å²) in [6, 6.07) is 15.2. The molecule has 0 bridgehead atoms. The molecule has 204 valence electrons. The van der Waals surface area contributed by atoms with Crippen LogP contribution < -0.4 is 5.32 Å². The smallest absolute Gasteiger partial charge is 0.328 e. The van der Waals surface area contributed by atoms with Gasteiger partial charge in [0.15, 0.2) is 0 Å². The molecule has 0 amide bonds. The lowest BCUT2D eigenvalue weighted by molar-refractivity contribution is -0.146. The lowest BCUT2D eigenvalue weighted by atomic mass is 10.00. The van der Waals surface area contributed by atoms with Crippen molar-refractivity contribution in [2.24, 2.45) is 0 Å². The van der Waals surface area contributed by atoms with E-state index in [1.807, 2.05) is 12.1 Å². The average Bonchev–Trinajstić information content (AvgIpc) is 2.89. The molecule has 3 aromatic carbocycles. The van der Waals surface area contributed by atoms with Crippen LogP contribution in [-0.2, 0) is 41.4 Å². The van der Waals surface area contributed by atoms with Crippen LogP contribution in [0, 0.1) is 0 Å². The van der Waals surface area contributed by atoms with Crippen molar-refractivity contribution in [1.82, 2.24) is 5.32 Å². The number of carbonyl (C=O) groups is 2. The fourth-order valence-corrected chi connectivity index (χ4v) is 7.21. The minimum absolute atomic E-state index is 0.0585. The summed E-state index contributed by atoms with van der Waals surface area (Å²) >= 11 is 12.0. The molecular formula is C27H23Cl2NO7S2. The van der Waals surface area contributed by atoms with Crippen LogP contribution in [0.3, 0.4) is 0 Å². The zero-order chi connectivity index (χ0) is 28.3. The molecule has 2 N–H and O–H groups in total. The Morgan fingerprint density at radius 3 is 2.36 bits per heavy atom. The second kappa shape index (κ2) is 12.0. The number of cyclic esters (lactones) is 1. The molecular weight excluding hydrogens is 585 g/mol. The Hall–Kier alpha value is -3.02. The van der Waals surface area contributed by atoms with Gasteiger partial charge >= 0.3 is 11.9 Å².